The Labute approximate surface area is 154 Å². The number of halogens is 1. The van der Waals surface area contributed by atoms with Crippen LogP contribution in [0.4, 0.5) is 10.1 Å². The number of anilines is 1. The van der Waals surface area contributed by atoms with Crippen LogP contribution in [0.25, 0.3) is 11.0 Å². The van der Waals surface area contributed by atoms with Crippen molar-refractivity contribution in [3.8, 4) is 11.5 Å². The van der Waals surface area contributed by atoms with E-state index in [-0.39, 0.29) is 17.6 Å². The lowest BCUT2D eigenvalue weighted by Crippen LogP contribution is -2.20. The summed E-state index contributed by atoms with van der Waals surface area (Å²) in [7, 11) is 2.94. The standard InChI is InChI=1S/C20H18FNO5/c1-11-14-8-9-16(25-2)19(26-3)18(14)27-20(24)15(11)10-17(23)22-13-6-4-12(21)5-7-13/h4-9H,10H2,1-3H3,(H,22,23). The summed E-state index contributed by atoms with van der Waals surface area (Å²) in [6, 6.07) is 8.82. The molecule has 0 spiro atoms. The Bertz CT molecular complexity index is 1060. The summed E-state index contributed by atoms with van der Waals surface area (Å²) >= 11 is 0. The number of carbonyl (C=O) groups excluding carboxylic acids is 1. The van der Waals surface area contributed by atoms with E-state index in [9.17, 15) is 14.0 Å². The van der Waals surface area contributed by atoms with Crippen LogP contribution >= 0.6 is 0 Å². The molecule has 140 valence electrons. The number of methoxy groups -OCH3 is 2. The zero-order valence-corrected chi connectivity index (χ0v) is 15.1. The fourth-order valence-electron chi connectivity index (χ4n) is 2.87. The van der Waals surface area contributed by atoms with Crippen molar-refractivity contribution < 1.29 is 23.1 Å². The van der Waals surface area contributed by atoms with E-state index in [1.54, 1.807) is 19.1 Å². The first-order chi connectivity index (χ1) is 12.9. The van der Waals surface area contributed by atoms with Gasteiger partial charge in [0.15, 0.2) is 11.3 Å². The number of ether oxygens (including phenoxy) is 2. The van der Waals surface area contributed by atoms with Crippen LogP contribution in [0.2, 0.25) is 0 Å². The minimum absolute atomic E-state index is 0.171. The normalized spacial score (nSPS) is 10.7. The van der Waals surface area contributed by atoms with E-state index in [1.165, 1.54) is 38.5 Å². The first-order valence-corrected chi connectivity index (χ1v) is 8.17. The number of amides is 1. The van der Waals surface area contributed by atoms with Gasteiger partial charge in [0.05, 0.1) is 26.2 Å². The van der Waals surface area contributed by atoms with Gasteiger partial charge in [0.25, 0.3) is 0 Å². The van der Waals surface area contributed by atoms with E-state index in [2.05, 4.69) is 5.32 Å². The van der Waals surface area contributed by atoms with Crippen molar-refractivity contribution in [3.05, 3.63) is 63.8 Å². The largest absolute Gasteiger partial charge is 0.493 e. The SMILES string of the molecule is COc1ccc2c(C)c(CC(=O)Nc3ccc(F)cc3)c(=O)oc2c1OC. The molecule has 0 saturated carbocycles. The molecule has 3 rings (SSSR count). The van der Waals surface area contributed by atoms with Gasteiger partial charge < -0.3 is 19.2 Å². The van der Waals surface area contributed by atoms with Crippen molar-refractivity contribution in [2.75, 3.05) is 19.5 Å². The molecular formula is C20H18FNO5. The van der Waals surface area contributed by atoms with Crippen LogP contribution in [0.5, 0.6) is 11.5 Å². The monoisotopic (exact) mass is 371 g/mol. The van der Waals surface area contributed by atoms with E-state index >= 15 is 0 Å². The fourth-order valence-corrected chi connectivity index (χ4v) is 2.87. The van der Waals surface area contributed by atoms with E-state index in [0.29, 0.717) is 28.1 Å². The van der Waals surface area contributed by atoms with Crippen LogP contribution in [0.3, 0.4) is 0 Å². The molecule has 7 heteroatoms. The highest BCUT2D eigenvalue weighted by atomic mass is 19.1. The summed E-state index contributed by atoms with van der Waals surface area (Å²) in [5.41, 5.74) is 0.948. The number of benzene rings is 2. The Kier molecular flexibility index (Phi) is 5.12. The van der Waals surface area contributed by atoms with Crippen LogP contribution in [0.1, 0.15) is 11.1 Å². The molecule has 3 aromatic rings. The van der Waals surface area contributed by atoms with Crippen LogP contribution < -0.4 is 20.4 Å². The third-order valence-corrected chi connectivity index (χ3v) is 4.26. The average Bonchev–Trinajstić information content (AvgIpc) is 2.66. The van der Waals surface area contributed by atoms with Gasteiger partial charge in [-0.15, -0.1) is 0 Å². The Balaban J connectivity index is 1.96. The molecule has 0 bridgehead atoms. The summed E-state index contributed by atoms with van der Waals surface area (Å²) in [5, 5.41) is 3.28. The molecule has 0 aliphatic rings. The molecule has 1 heterocycles. The predicted octanol–water partition coefficient (Wildman–Crippen LogP) is 3.44. The Hall–Kier alpha value is -3.35. The van der Waals surface area contributed by atoms with Gasteiger partial charge in [-0.05, 0) is 48.9 Å². The third kappa shape index (κ3) is 3.62. The Morgan fingerprint density at radius 3 is 2.44 bits per heavy atom. The minimum Gasteiger partial charge on any atom is -0.493 e. The van der Waals surface area contributed by atoms with Crippen molar-refractivity contribution in [3.63, 3.8) is 0 Å². The lowest BCUT2D eigenvalue weighted by molar-refractivity contribution is -0.115. The molecular weight excluding hydrogens is 353 g/mol. The Morgan fingerprint density at radius 1 is 1.11 bits per heavy atom. The van der Waals surface area contributed by atoms with Crippen LogP contribution in [-0.4, -0.2) is 20.1 Å². The van der Waals surface area contributed by atoms with E-state index in [0.717, 1.165) is 0 Å². The number of carbonyl (C=O) groups is 1. The van der Waals surface area contributed by atoms with Crippen molar-refractivity contribution in [1.82, 2.24) is 0 Å². The minimum atomic E-state index is -0.624. The molecule has 1 aromatic heterocycles. The van der Waals surface area contributed by atoms with Gasteiger partial charge in [-0.25, -0.2) is 9.18 Å². The molecule has 6 nitrogen and oxygen atoms in total. The highest BCUT2D eigenvalue weighted by Crippen LogP contribution is 2.36. The number of aryl methyl sites for hydroxylation is 1. The quantitative estimate of drug-likeness (QED) is 0.695. The summed E-state index contributed by atoms with van der Waals surface area (Å²) in [6.07, 6.45) is -0.171. The smallest absolute Gasteiger partial charge is 0.340 e. The first-order valence-electron chi connectivity index (χ1n) is 8.17. The van der Waals surface area contributed by atoms with Gasteiger partial charge in [-0.1, -0.05) is 0 Å². The Morgan fingerprint density at radius 2 is 1.81 bits per heavy atom. The molecule has 0 saturated heterocycles. The number of hydrogen-bond acceptors (Lipinski definition) is 5. The lowest BCUT2D eigenvalue weighted by atomic mass is 10.0. The van der Waals surface area contributed by atoms with Crippen molar-refractivity contribution >= 4 is 22.6 Å². The van der Waals surface area contributed by atoms with Gasteiger partial charge >= 0.3 is 5.63 Å². The molecule has 27 heavy (non-hydrogen) atoms. The highest BCUT2D eigenvalue weighted by Gasteiger charge is 2.19. The summed E-state index contributed by atoms with van der Waals surface area (Å²) < 4.78 is 28.9. The van der Waals surface area contributed by atoms with Gasteiger partial charge in [0.1, 0.15) is 5.82 Å². The van der Waals surface area contributed by atoms with Gasteiger partial charge in [0, 0.05) is 11.1 Å². The maximum atomic E-state index is 13.0. The lowest BCUT2D eigenvalue weighted by Gasteiger charge is -2.13. The third-order valence-electron chi connectivity index (χ3n) is 4.26. The summed E-state index contributed by atoms with van der Waals surface area (Å²) in [4.78, 5) is 24.8. The molecule has 0 aliphatic heterocycles. The topological polar surface area (TPSA) is 77.8 Å². The van der Waals surface area contributed by atoms with Gasteiger partial charge in [-0.3, -0.25) is 4.79 Å². The van der Waals surface area contributed by atoms with E-state index in [4.69, 9.17) is 13.9 Å². The number of hydrogen-bond donors (Lipinski definition) is 1. The predicted molar refractivity (Wildman–Crippen MR) is 99.1 cm³/mol. The second-order valence-corrected chi connectivity index (χ2v) is 5.90. The second-order valence-electron chi connectivity index (χ2n) is 5.90. The average molecular weight is 371 g/mol. The summed E-state index contributed by atoms with van der Waals surface area (Å²) in [6.45, 7) is 1.74. The zero-order chi connectivity index (χ0) is 19.6. The molecule has 0 unspecified atom stereocenters. The highest BCUT2D eigenvalue weighted by molar-refractivity contribution is 5.94. The van der Waals surface area contributed by atoms with Crippen molar-refractivity contribution in [2.24, 2.45) is 0 Å². The van der Waals surface area contributed by atoms with Crippen LogP contribution in [-0.2, 0) is 11.2 Å². The maximum Gasteiger partial charge on any atom is 0.340 e. The molecule has 0 aliphatic carbocycles. The molecule has 0 atom stereocenters. The molecule has 1 N–H and O–H groups in total. The molecule has 2 aromatic carbocycles. The van der Waals surface area contributed by atoms with Gasteiger partial charge in [0.2, 0.25) is 11.7 Å². The molecule has 1 amide bonds. The summed E-state index contributed by atoms with van der Waals surface area (Å²) in [5.74, 6) is -0.0490. The fraction of sp³-hybridized carbons (Fsp3) is 0.200. The zero-order valence-electron chi connectivity index (χ0n) is 15.1. The number of nitrogens with one attached hydrogen (secondary N) is 1. The van der Waals surface area contributed by atoms with Crippen LogP contribution in [0.15, 0.2) is 45.6 Å². The van der Waals surface area contributed by atoms with Crippen LogP contribution in [0, 0.1) is 12.7 Å². The van der Waals surface area contributed by atoms with Gasteiger partial charge in [-0.2, -0.15) is 0 Å². The number of rotatable bonds is 5. The van der Waals surface area contributed by atoms with E-state index in [1.807, 2.05) is 0 Å². The molecule has 0 radical (unpaired) electrons. The first kappa shape index (κ1) is 18.4. The number of fused-ring (bicyclic) bond motifs is 1. The van der Waals surface area contributed by atoms with Crippen molar-refractivity contribution in [1.29, 1.82) is 0 Å². The van der Waals surface area contributed by atoms with E-state index < -0.39 is 17.3 Å². The molecule has 0 fully saturated rings. The van der Waals surface area contributed by atoms with Crippen molar-refractivity contribution in [2.45, 2.75) is 13.3 Å². The maximum absolute atomic E-state index is 13.0. The second kappa shape index (κ2) is 7.49.